The van der Waals surface area contributed by atoms with Crippen LogP contribution >= 0.6 is 0 Å². The number of carbonyl (C=O) groups excluding carboxylic acids is 1. The highest BCUT2D eigenvalue weighted by molar-refractivity contribution is 7.85. The Hall–Kier alpha value is -3.27. The van der Waals surface area contributed by atoms with Crippen LogP contribution in [-0.2, 0) is 15.0 Å². The van der Waals surface area contributed by atoms with Crippen LogP contribution in [0.3, 0.4) is 0 Å². The van der Waals surface area contributed by atoms with Gasteiger partial charge in [-0.15, -0.1) is 0 Å². The monoisotopic (exact) mass is 391 g/mol. The molecule has 27 heavy (non-hydrogen) atoms. The van der Waals surface area contributed by atoms with Gasteiger partial charge in [-0.1, -0.05) is 18.2 Å². The molecular formula is C17H17N3O6S. The molecular weight excluding hydrogens is 374 g/mol. The van der Waals surface area contributed by atoms with Gasteiger partial charge in [0.1, 0.15) is 11.5 Å². The minimum absolute atomic E-state index is 0.0581. The van der Waals surface area contributed by atoms with Gasteiger partial charge in [-0.3, -0.25) is 5.32 Å². The minimum atomic E-state index is -4.38. The highest BCUT2D eigenvalue weighted by atomic mass is 32.2. The Kier molecular flexibility index (Phi) is 5.17. The Bertz CT molecular complexity index is 1080. The molecule has 0 saturated carbocycles. The molecule has 0 aliphatic heterocycles. The maximum Gasteiger partial charge on any atom is 0.416 e. The van der Waals surface area contributed by atoms with E-state index in [1.165, 1.54) is 12.1 Å². The molecule has 0 atom stereocenters. The Balaban J connectivity index is 2.05. The first kappa shape index (κ1) is 18.5. The summed E-state index contributed by atoms with van der Waals surface area (Å²) in [6.07, 6.45) is -0.861. The number of imidazole rings is 1. The summed E-state index contributed by atoms with van der Waals surface area (Å²) in [4.78, 5) is 15.7. The average molecular weight is 391 g/mol. The Morgan fingerprint density at radius 1 is 1.15 bits per heavy atom. The van der Waals surface area contributed by atoms with E-state index in [4.69, 9.17) is 8.92 Å². The van der Waals surface area contributed by atoms with E-state index in [0.29, 0.717) is 17.9 Å². The molecule has 1 amide bonds. The predicted molar refractivity (Wildman–Crippen MR) is 98.3 cm³/mol. The average Bonchev–Trinajstić information content (AvgIpc) is 3.00. The van der Waals surface area contributed by atoms with E-state index in [2.05, 4.69) is 15.0 Å². The number of nitrogens with one attached hydrogen (secondary N) is 1. The predicted octanol–water partition coefficient (Wildman–Crippen LogP) is 2.79. The van der Waals surface area contributed by atoms with Gasteiger partial charge in [-0.2, -0.15) is 12.4 Å². The number of carbonyl (C=O) groups is 1. The Morgan fingerprint density at radius 3 is 2.63 bits per heavy atom. The number of anilines is 1. The van der Waals surface area contributed by atoms with Crippen LogP contribution in [0.4, 0.5) is 10.7 Å². The summed E-state index contributed by atoms with van der Waals surface area (Å²) in [6.45, 7) is 2.24. The molecule has 3 rings (SSSR count). The number of nitrogens with zero attached hydrogens (tertiary/aromatic N) is 2. The quantitative estimate of drug-likeness (QED) is 0.688. The molecule has 3 aromatic rings. The first-order chi connectivity index (χ1) is 12.9. The van der Waals surface area contributed by atoms with Crippen LogP contribution < -0.4 is 14.2 Å². The van der Waals surface area contributed by atoms with Crippen molar-refractivity contribution < 1.29 is 26.9 Å². The van der Waals surface area contributed by atoms with Gasteiger partial charge in [0.2, 0.25) is 5.95 Å². The van der Waals surface area contributed by atoms with Gasteiger partial charge >= 0.3 is 16.4 Å². The largest absolute Gasteiger partial charge is 0.494 e. The smallest absolute Gasteiger partial charge is 0.416 e. The molecule has 0 fully saturated rings. The summed E-state index contributed by atoms with van der Waals surface area (Å²) in [7, 11) is -3.23. The molecule has 1 aromatic heterocycles. The van der Waals surface area contributed by atoms with Crippen LogP contribution in [0.5, 0.6) is 11.5 Å². The van der Waals surface area contributed by atoms with Crippen molar-refractivity contribution in [2.75, 3.05) is 19.0 Å². The van der Waals surface area contributed by atoms with Gasteiger partial charge in [-0.05, 0) is 31.2 Å². The second kappa shape index (κ2) is 7.54. The Morgan fingerprint density at radius 2 is 1.89 bits per heavy atom. The number of amides is 1. The number of ether oxygens (including phenoxy) is 2. The third kappa shape index (κ3) is 3.95. The van der Waals surface area contributed by atoms with Crippen molar-refractivity contribution >= 4 is 33.4 Å². The van der Waals surface area contributed by atoms with Crippen molar-refractivity contribution in [1.82, 2.24) is 8.96 Å². The first-order valence-corrected chi connectivity index (χ1v) is 9.31. The molecule has 0 bridgehead atoms. The Labute approximate surface area is 155 Å². The van der Waals surface area contributed by atoms with E-state index >= 15 is 0 Å². The second-order valence-corrected chi connectivity index (χ2v) is 6.64. The summed E-state index contributed by atoms with van der Waals surface area (Å²) in [5.74, 6) is 0.278. The zero-order valence-electron chi connectivity index (χ0n) is 14.6. The maximum atomic E-state index is 12.9. The number of rotatable bonds is 6. The molecule has 0 spiro atoms. The fourth-order valence-corrected chi connectivity index (χ4v) is 3.51. The highest BCUT2D eigenvalue weighted by Gasteiger charge is 2.25. The number of benzene rings is 2. The van der Waals surface area contributed by atoms with Crippen LogP contribution in [0.2, 0.25) is 0 Å². The van der Waals surface area contributed by atoms with Crippen molar-refractivity contribution in [2.24, 2.45) is 0 Å². The fourth-order valence-electron chi connectivity index (χ4n) is 2.39. The lowest BCUT2D eigenvalue weighted by atomic mass is 10.3. The van der Waals surface area contributed by atoms with E-state index in [1.54, 1.807) is 36.4 Å². The number of para-hydroxylation sites is 2. The number of hydrogen-bond donors (Lipinski definition) is 1. The second-order valence-electron chi connectivity index (χ2n) is 5.25. The topological polar surface area (TPSA) is 109 Å². The molecule has 142 valence electrons. The normalized spacial score (nSPS) is 11.2. The standard InChI is InChI=1S/C17H17N3O6S/c1-3-25-12-7-6-8-13(11-12)26-27(22,23)20-15-10-5-4-9-14(15)18-16(20)19-17(21)24-2/h4-11H,3H2,1-2H3,(H,18,19,21). The zero-order chi connectivity index (χ0) is 19.4. The lowest BCUT2D eigenvalue weighted by Gasteiger charge is -2.12. The van der Waals surface area contributed by atoms with Crippen LogP contribution in [0.1, 0.15) is 6.92 Å². The molecule has 0 saturated heterocycles. The first-order valence-electron chi connectivity index (χ1n) is 7.95. The molecule has 0 unspecified atom stereocenters. The summed E-state index contributed by atoms with van der Waals surface area (Å²) in [5, 5.41) is 2.28. The fraction of sp³-hybridized carbons (Fsp3) is 0.176. The zero-order valence-corrected chi connectivity index (χ0v) is 15.4. The van der Waals surface area contributed by atoms with E-state index in [1.807, 2.05) is 6.92 Å². The summed E-state index contributed by atoms with van der Waals surface area (Å²) in [6, 6.07) is 12.7. The number of hydrogen-bond acceptors (Lipinski definition) is 7. The molecule has 9 nitrogen and oxygen atoms in total. The van der Waals surface area contributed by atoms with E-state index < -0.39 is 16.4 Å². The van der Waals surface area contributed by atoms with Crippen molar-refractivity contribution in [3.05, 3.63) is 48.5 Å². The van der Waals surface area contributed by atoms with Gasteiger partial charge < -0.3 is 13.7 Å². The van der Waals surface area contributed by atoms with E-state index in [0.717, 1.165) is 11.1 Å². The van der Waals surface area contributed by atoms with Gasteiger partial charge in [0.25, 0.3) is 0 Å². The molecule has 10 heteroatoms. The van der Waals surface area contributed by atoms with Gasteiger partial charge in [0.15, 0.2) is 0 Å². The van der Waals surface area contributed by atoms with Crippen molar-refractivity contribution in [2.45, 2.75) is 6.92 Å². The summed E-state index contributed by atoms with van der Waals surface area (Å²) >= 11 is 0. The van der Waals surface area contributed by atoms with Gasteiger partial charge in [0, 0.05) is 6.07 Å². The van der Waals surface area contributed by atoms with Crippen molar-refractivity contribution in [1.29, 1.82) is 0 Å². The molecule has 2 aromatic carbocycles. The summed E-state index contributed by atoms with van der Waals surface area (Å²) < 4.78 is 41.7. The number of methoxy groups -OCH3 is 1. The molecule has 1 heterocycles. The van der Waals surface area contributed by atoms with Crippen LogP contribution in [-0.4, -0.2) is 37.2 Å². The molecule has 0 radical (unpaired) electrons. The maximum absolute atomic E-state index is 12.9. The summed E-state index contributed by atoms with van der Waals surface area (Å²) in [5.41, 5.74) is 0.601. The van der Waals surface area contributed by atoms with Gasteiger partial charge in [-0.25, -0.2) is 9.78 Å². The third-order valence-corrected chi connectivity index (χ3v) is 4.68. The highest BCUT2D eigenvalue weighted by Crippen LogP contribution is 2.26. The van der Waals surface area contributed by atoms with Crippen molar-refractivity contribution in [3.8, 4) is 11.5 Å². The lowest BCUT2D eigenvalue weighted by molar-refractivity contribution is 0.186. The lowest BCUT2D eigenvalue weighted by Crippen LogP contribution is -2.23. The number of aromatic nitrogens is 2. The SMILES string of the molecule is CCOc1cccc(OS(=O)(=O)n2c(NC(=O)OC)nc3ccccc32)c1. The molecule has 0 aliphatic carbocycles. The molecule has 1 N–H and O–H groups in total. The van der Waals surface area contributed by atoms with Crippen molar-refractivity contribution in [3.63, 3.8) is 0 Å². The van der Waals surface area contributed by atoms with Crippen LogP contribution in [0, 0.1) is 0 Å². The minimum Gasteiger partial charge on any atom is -0.494 e. The molecule has 0 aliphatic rings. The van der Waals surface area contributed by atoms with Gasteiger partial charge in [0.05, 0.1) is 24.8 Å². The number of fused-ring (bicyclic) bond motifs is 1. The van der Waals surface area contributed by atoms with Crippen LogP contribution in [0.15, 0.2) is 48.5 Å². The third-order valence-electron chi connectivity index (χ3n) is 3.46. The van der Waals surface area contributed by atoms with E-state index in [9.17, 15) is 13.2 Å². The van der Waals surface area contributed by atoms with E-state index in [-0.39, 0.29) is 17.2 Å². The van der Waals surface area contributed by atoms with Crippen LogP contribution in [0.25, 0.3) is 11.0 Å².